The highest BCUT2D eigenvalue weighted by Crippen LogP contribution is 2.21. The van der Waals surface area contributed by atoms with E-state index in [1.54, 1.807) is 12.4 Å². The van der Waals surface area contributed by atoms with Gasteiger partial charge in [-0.15, -0.1) is 0 Å². The predicted octanol–water partition coefficient (Wildman–Crippen LogP) is 4.34. The van der Waals surface area contributed by atoms with Crippen molar-refractivity contribution in [3.63, 3.8) is 0 Å². The van der Waals surface area contributed by atoms with Gasteiger partial charge in [0.1, 0.15) is 5.75 Å². The van der Waals surface area contributed by atoms with E-state index in [9.17, 15) is 0 Å². The normalized spacial score (nSPS) is 10.6. The van der Waals surface area contributed by atoms with Crippen molar-refractivity contribution >= 4 is 0 Å². The monoisotopic (exact) mass is 334 g/mol. The molecule has 0 aliphatic rings. The van der Waals surface area contributed by atoms with Gasteiger partial charge in [0.25, 0.3) is 0 Å². The van der Waals surface area contributed by atoms with Gasteiger partial charge in [-0.05, 0) is 42.7 Å². The lowest BCUT2D eigenvalue weighted by Crippen LogP contribution is -1.96. The Balaban J connectivity index is 1.73. The van der Waals surface area contributed by atoms with Gasteiger partial charge < -0.3 is 4.74 Å². The Morgan fingerprint density at radius 3 is 1.92 bits per heavy atom. The van der Waals surface area contributed by atoms with Crippen LogP contribution in [0.4, 0.5) is 0 Å². The quantitative estimate of drug-likeness (QED) is 0.643. The molecule has 5 heteroatoms. The fourth-order valence-electron chi connectivity index (χ4n) is 2.43. The zero-order valence-electron chi connectivity index (χ0n) is 14.6. The van der Waals surface area contributed by atoms with E-state index in [1.807, 2.05) is 36.7 Å². The molecule has 3 aromatic rings. The van der Waals surface area contributed by atoms with E-state index in [0.717, 1.165) is 48.3 Å². The third-order valence-corrected chi connectivity index (χ3v) is 3.74. The van der Waals surface area contributed by atoms with Crippen LogP contribution in [0.25, 0.3) is 22.8 Å². The highest BCUT2D eigenvalue weighted by Gasteiger charge is 2.06. The highest BCUT2D eigenvalue weighted by atomic mass is 16.5. The Hall–Kier alpha value is -2.82. The first-order valence-electron chi connectivity index (χ1n) is 8.66. The minimum Gasteiger partial charge on any atom is -0.494 e. The molecule has 0 saturated carbocycles. The number of hydrogen-bond acceptors (Lipinski definition) is 5. The molecule has 0 radical (unpaired) electrons. The molecule has 0 spiro atoms. The molecule has 5 nitrogen and oxygen atoms in total. The Morgan fingerprint density at radius 2 is 1.32 bits per heavy atom. The standard InChI is InChI=1S/C20H22N4O/c1-3-5-15-11-21-20(22-12-15)17-13-23-19(24-14-17)16-6-8-18(9-7-16)25-10-4-2/h6-9,11-14H,3-5,10H2,1-2H3. The summed E-state index contributed by atoms with van der Waals surface area (Å²) >= 11 is 0. The Labute approximate surface area is 148 Å². The number of rotatable bonds is 7. The summed E-state index contributed by atoms with van der Waals surface area (Å²) in [5, 5.41) is 0. The van der Waals surface area contributed by atoms with E-state index in [4.69, 9.17) is 4.74 Å². The first-order chi connectivity index (χ1) is 12.3. The predicted molar refractivity (Wildman–Crippen MR) is 98.3 cm³/mol. The van der Waals surface area contributed by atoms with Gasteiger partial charge in [0, 0.05) is 30.4 Å². The van der Waals surface area contributed by atoms with Gasteiger partial charge in [-0.1, -0.05) is 20.3 Å². The largest absolute Gasteiger partial charge is 0.494 e. The molecule has 2 heterocycles. The second-order valence-electron chi connectivity index (χ2n) is 5.83. The van der Waals surface area contributed by atoms with Crippen molar-refractivity contribution in [1.29, 1.82) is 0 Å². The van der Waals surface area contributed by atoms with Crippen LogP contribution in [-0.2, 0) is 6.42 Å². The van der Waals surface area contributed by atoms with Crippen LogP contribution in [-0.4, -0.2) is 26.5 Å². The van der Waals surface area contributed by atoms with E-state index in [2.05, 4.69) is 33.8 Å². The molecular weight excluding hydrogens is 312 g/mol. The van der Waals surface area contributed by atoms with E-state index in [-0.39, 0.29) is 0 Å². The van der Waals surface area contributed by atoms with Gasteiger partial charge in [-0.3, -0.25) is 0 Å². The maximum atomic E-state index is 5.59. The van der Waals surface area contributed by atoms with Crippen LogP contribution in [0.1, 0.15) is 32.3 Å². The lowest BCUT2D eigenvalue weighted by molar-refractivity contribution is 0.317. The minimum absolute atomic E-state index is 0.648. The van der Waals surface area contributed by atoms with Crippen molar-refractivity contribution in [3.05, 3.63) is 54.6 Å². The van der Waals surface area contributed by atoms with Crippen LogP contribution >= 0.6 is 0 Å². The smallest absolute Gasteiger partial charge is 0.162 e. The molecule has 0 amide bonds. The molecule has 0 bridgehead atoms. The summed E-state index contributed by atoms with van der Waals surface area (Å²) in [7, 11) is 0. The average Bonchev–Trinajstić information content (AvgIpc) is 2.68. The first kappa shape index (κ1) is 17.0. The van der Waals surface area contributed by atoms with Crippen LogP contribution in [0.15, 0.2) is 49.1 Å². The SMILES string of the molecule is CCCOc1ccc(-c2ncc(-c3ncc(CCC)cn3)cn2)cc1. The van der Waals surface area contributed by atoms with E-state index >= 15 is 0 Å². The molecule has 0 fully saturated rings. The van der Waals surface area contributed by atoms with Gasteiger partial charge in [0.05, 0.1) is 12.2 Å². The van der Waals surface area contributed by atoms with Gasteiger partial charge in [-0.2, -0.15) is 0 Å². The fraction of sp³-hybridized carbons (Fsp3) is 0.300. The lowest BCUT2D eigenvalue weighted by atomic mass is 10.2. The van der Waals surface area contributed by atoms with Crippen molar-refractivity contribution in [2.75, 3.05) is 6.61 Å². The van der Waals surface area contributed by atoms with Crippen LogP contribution in [0.5, 0.6) is 5.75 Å². The van der Waals surface area contributed by atoms with Crippen molar-refractivity contribution in [2.45, 2.75) is 33.1 Å². The fourth-order valence-corrected chi connectivity index (χ4v) is 2.43. The molecular formula is C20H22N4O. The number of aryl methyl sites for hydroxylation is 1. The molecule has 0 atom stereocenters. The Bertz CT molecular complexity index is 783. The Morgan fingerprint density at radius 1 is 0.720 bits per heavy atom. The van der Waals surface area contributed by atoms with Gasteiger partial charge in [0.2, 0.25) is 0 Å². The summed E-state index contributed by atoms with van der Waals surface area (Å²) in [6.45, 7) is 4.95. The first-order valence-corrected chi connectivity index (χ1v) is 8.66. The second kappa shape index (κ2) is 8.33. The highest BCUT2D eigenvalue weighted by molar-refractivity contribution is 5.59. The van der Waals surface area contributed by atoms with Gasteiger partial charge >= 0.3 is 0 Å². The molecule has 0 aliphatic heterocycles. The maximum Gasteiger partial charge on any atom is 0.162 e. The van der Waals surface area contributed by atoms with Gasteiger partial charge in [0.15, 0.2) is 11.6 Å². The number of nitrogens with zero attached hydrogens (tertiary/aromatic N) is 4. The average molecular weight is 334 g/mol. The summed E-state index contributed by atoms with van der Waals surface area (Å²) in [5.41, 5.74) is 2.92. The van der Waals surface area contributed by atoms with Crippen LogP contribution < -0.4 is 4.74 Å². The summed E-state index contributed by atoms with van der Waals surface area (Å²) in [5.74, 6) is 2.19. The van der Waals surface area contributed by atoms with Crippen molar-refractivity contribution in [1.82, 2.24) is 19.9 Å². The third kappa shape index (κ3) is 4.38. The minimum atomic E-state index is 0.648. The molecule has 0 N–H and O–H groups in total. The second-order valence-corrected chi connectivity index (χ2v) is 5.83. The summed E-state index contributed by atoms with van der Waals surface area (Å²) < 4.78 is 5.59. The molecule has 3 rings (SSSR count). The molecule has 128 valence electrons. The molecule has 25 heavy (non-hydrogen) atoms. The maximum absolute atomic E-state index is 5.59. The van der Waals surface area contributed by atoms with Crippen LogP contribution in [0.3, 0.4) is 0 Å². The number of ether oxygens (including phenoxy) is 1. The van der Waals surface area contributed by atoms with Crippen molar-refractivity contribution < 1.29 is 4.74 Å². The summed E-state index contributed by atoms with van der Waals surface area (Å²) in [4.78, 5) is 17.7. The Kier molecular flexibility index (Phi) is 5.67. The topological polar surface area (TPSA) is 60.8 Å². The van der Waals surface area contributed by atoms with E-state index in [0.29, 0.717) is 11.6 Å². The summed E-state index contributed by atoms with van der Waals surface area (Å²) in [6.07, 6.45) is 10.3. The molecule has 2 aromatic heterocycles. The zero-order chi connectivity index (χ0) is 17.5. The number of hydrogen-bond donors (Lipinski definition) is 0. The molecule has 0 unspecified atom stereocenters. The van der Waals surface area contributed by atoms with Crippen LogP contribution in [0, 0.1) is 0 Å². The van der Waals surface area contributed by atoms with Crippen LogP contribution in [0.2, 0.25) is 0 Å². The number of aromatic nitrogens is 4. The molecule has 0 aliphatic carbocycles. The van der Waals surface area contributed by atoms with Crippen molar-refractivity contribution in [2.24, 2.45) is 0 Å². The molecule has 1 aromatic carbocycles. The lowest BCUT2D eigenvalue weighted by Gasteiger charge is -2.06. The van der Waals surface area contributed by atoms with E-state index < -0.39 is 0 Å². The van der Waals surface area contributed by atoms with Gasteiger partial charge in [-0.25, -0.2) is 19.9 Å². The van der Waals surface area contributed by atoms with E-state index in [1.165, 1.54) is 0 Å². The zero-order valence-corrected chi connectivity index (χ0v) is 14.6. The third-order valence-electron chi connectivity index (χ3n) is 3.74. The number of benzene rings is 1. The van der Waals surface area contributed by atoms with Crippen molar-refractivity contribution in [3.8, 4) is 28.5 Å². The summed E-state index contributed by atoms with van der Waals surface area (Å²) in [6, 6.07) is 7.82. The molecule has 0 saturated heterocycles.